The van der Waals surface area contributed by atoms with E-state index in [1.54, 1.807) is 36.4 Å². The van der Waals surface area contributed by atoms with Gasteiger partial charge >= 0.3 is 0 Å². The number of hydrazone groups is 1. The maximum absolute atomic E-state index is 12.6. The number of hydrogen-bond donors (Lipinski definition) is 2. The molecule has 0 spiro atoms. The van der Waals surface area contributed by atoms with Gasteiger partial charge in [0.2, 0.25) is 0 Å². The lowest BCUT2D eigenvalue weighted by atomic mass is 10.1. The number of benzene rings is 4. The molecule has 10 heteroatoms. The van der Waals surface area contributed by atoms with Gasteiger partial charge in [-0.25, -0.2) is 10.4 Å². The summed E-state index contributed by atoms with van der Waals surface area (Å²) in [6.07, 6.45) is 1.53. The molecule has 0 saturated heterocycles. The highest BCUT2D eigenvalue weighted by atomic mass is 32.1. The molecule has 0 fully saturated rings. The van der Waals surface area contributed by atoms with Crippen molar-refractivity contribution in [2.24, 2.45) is 5.10 Å². The number of nitrogens with zero attached hydrogens (tertiary/aromatic N) is 3. The van der Waals surface area contributed by atoms with E-state index in [4.69, 9.17) is 4.74 Å². The summed E-state index contributed by atoms with van der Waals surface area (Å²) in [7, 11) is 0. The van der Waals surface area contributed by atoms with Crippen LogP contribution in [0.25, 0.3) is 11.3 Å². The number of nitrogens with one attached hydrogen (secondary N) is 2. The normalized spacial score (nSPS) is 10.8. The standard InChI is InChI=1S/C30H23N5O4S/c36-29(24-13-11-23(12-14-24)28-20-40-30(33-28)32-25-6-2-1-3-7-25)34-31-18-22-5-4-8-27(17-22)39-19-21-9-15-26(16-10-21)35(37)38/h1-18,20H,19H2,(H,32,33)(H,34,36)/b31-18-. The van der Waals surface area contributed by atoms with Gasteiger partial charge < -0.3 is 10.1 Å². The fourth-order valence-electron chi connectivity index (χ4n) is 3.70. The summed E-state index contributed by atoms with van der Waals surface area (Å²) in [5.41, 5.74) is 7.29. The van der Waals surface area contributed by atoms with Gasteiger partial charge in [0.1, 0.15) is 12.4 Å². The van der Waals surface area contributed by atoms with E-state index in [0.29, 0.717) is 11.3 Å². The summed E-state index contributed by atoms with van der Waals surface area (Å²) < 4.78 is 5.78. The highest BCUT2D eigenvalue weighted by molar-refractivity contribution is 7.14. The molecule has 0 aliphatic rings. The number of carbonyl (C=O) groups excluding carboxylic acids is 1. The highest BCUT2D eigenvalue weighted by Crippen LogP contribution is 2.27. The van der Waals surface area contributed by atoms with Gasteiger partial charge in [-0.1, -0.05) is 42.5 Å². The van der Waals surface area contributed by atoms with Gasteiger partial charge in [-0.2, -0.15) is 5.10 Å². The summed E-state index contributed by atoms with van der Waals surface area (Å²) in [4.78, 5) is 27.5. The first-order valence-corrected chi connectivity index (χ1v) is 13.1. The smallest absolute Gasteiger partial charge is 0.271 e. The van der Waals surface area contributed by atoms with E-state index in [-0.39, 0.29) is 18.2 Å². The first-order chi connectivity index (χ1) is 19.5. The lowest BCUT2D eigenvalue weighted by Crippen LogP contribution is -2.17. The third-order valence-electron chi connectivity index (χ3n) is 5.76. The molecule has 1 aromatic heterocycles. The van der Waals surface area contributed by atoms with Gasteiger partial charge in [-0.05, 0) is 59.7 Å². The van der Waals surface area contributed by atoms with Crippen molar-refractivity contribution in [3.8, 4) is 17.0 Å². The Balaban J connectivity index is 1.13. The fourth-order valence-corrected chi connectivity index (χ4v) is 4.44. The molecule has 1 amide bonds. The number of nitro benzene ring substituents is 1. The first-order valence-electron chi connectivity index (χ1n) is 12.2. The maximum Gasteiger partial charge on any atom is 0.271 e. The van der Waals surface area contributed by atoms with Crippen molar-refractivity contribution >= 4 is 40.0 Å². The highest BCUT2D eigenvalue weighted by Gasteiger charge is 2.09. The molecule has 0 aliphatic heterocycles. The van der Waals surface area contributed by atoms with E-state index in [1.165, 1.54) is 29.7 Å². The van der Waals surface area contributed by atoms with Crippen LogP contribution < -0.4 is 15.5 Å². The maximum atomic E-state index is 12.6. The third-order valence-corrected chi connectivity index (χ3v) is 6.52. The molecule has 1 heterocycles. The van der Waals surface area contributed by atoms with Crippen LogP contribution >= 0.6 is 11.3 Å². The van der Waals surface area contributed by atoms with Gasteiger partial charge in [-0.15, -0.1) is 11.3 Å². The molecule has 0 bridgehead atoms. The van der Waals surface area contributed by atoms with E-state index in [9.17, 15) is 14.9 Å². The molecule has 198 valence electrons. The van der Waals surface area contributed by atoms with Gasteiger partial charge in [0.05, 0.1) is 16.8 Å². The molecular formula is C30H23N5O4S. The fraction of sp³-hybridized carbons (Fsp3) is 0.0333. The Hall–Kier alpha value is -5.35. The number of hydrogen-bond acceptors (Lipinski definition) is 8. The minimum Gasteiger partial charge on any atom is -0.489 e. The molecule has 5 rings (SSSR count). The van der Waals surface area contributed by atoms with Crippen LogP contribution in [0.2, 0.25) is 0 Å². The van der Waals surface area contributed by atoms with Gasteiger partial charge in [-0.3, -0.25) is 14.9 Å². The van der Waals surface area contributed by atoms with Gasteiger partial charge in [0, 0.05) is 34.3 Å². The van der Waals surface area contributed by atoms with E-state index in [0.717, 1.165) is 33.2 Å². The van der Waals surface area contributed by atoms with Crippen LogP contribution in [-0.2, 0) is 6.61 Å². The number of amides is 1. The summed E-state index contributed by atoms with van der Waals surface area (Å²) in [5.74, 6) is 0.270. The van der Waals surface area contributed by atoms with E-state index < -0.39 is 4.92 Å². The second-order valence-corrected chi connectivity index (χ2v) is 9.45. The van der Waals surface area contributed by atoms with Crippen LogP contribution in [0.15, 0.2) is 114 Å². The van der Waals surface area contributed by atoms with Crippen molar-refractivity contribution in [1.29, 1.82) is 0 Å². The molecule has 0 atom stereocenters. The van der Waals surface area contributed by atoms with Crippen LogP contribution in [0, 0.1) is 10.1 Å². The van der Waals surface area contributed by atoms with Crippen LogP contribution in [0.1, 0.15) is 21.5 Å². The van der Waals surface area contributed by atoms with Crippen molar-refractivity contribution in [3.05, 3.63) is 135 Å². The molecule has 0 unspecified atom stereocenters. The second-order valence-electron chi connectivity index (χ2n) is 8.59. The topological polar surface area (TPSA) is 119 Å². The molecule has 9 nitrogen and oxygen atoms in total. The van der Waals surface area contributed by atoms with Crippen LogP contribution in [0.3, 0.4) is 0 Å². The molecule has 4 aromatic carbocycles. The Morgan fingerprint density at radius 3 is 2.50 bits per heavy atom. The Kier molecular flexibility index (Phi) is 8.18. The summed E-state index contributed by atoms with van der Waals surface area (Å²) in [5, 5.41) is 20.9. The number of thiazole rings is 1. The quantitative estimate of drug-likeness (QED) is 0.112. The number of ether oxygens (including phenoxy) is 1. The number of anilines is 2. The molecule has 40 heavy (non-hydrogen) atoms. The Labute approximate surface area is 234 Å². The third kappa shape index (κ3) is 6.94. The number of rotatable bonds is 10. The summed E-state index contributed by atoms with van der Waals surface area (Å²) in [6, 6.07) is 30.4. The minimum absolute atomic E-state index is 0.0325. The van der Waals surface area contributed by atoms with Crippen molar-refractivity contribution in [3.63, 3.8) is 0 Å². The minimum atomic E-state index is -0.440. The van der Waals surface area contributed by atoms with Crippen LogP contribution in [-0.4, -0.2) is 22.0 Å². The predicted octanol–water partition coefficient (Wildman–Crippen LogP) is 6.80. The second kappa shape index (κ2) is 12.5. The van der Waals surface area contributed by atoms with E-state index >= 15 is 0 Å². The SMILES string of the molecule is O=C(N/N=C\c1cccc(OCc2ccc([N+](=O)[O-])cc2)c1)c1ccc(-c2csc(Nc3ccccc3)n2)cc1. The molecule has 0 saturated carbocycles. The number of para-hydroxylation sites is 1. The Morgan fingerprint density at radius 1 is 0.975 bits per heavy atom. The molecule has 5 aromatic rings. The lowest BCUT2D eigenvalue weighted by Gasteiger charge is -2.07. The Bertz CT molecular complexity index is 1640. The molecular weight excluding hydrogens is 526 g/mol. The van der Waals surface area contributed by atoms with Gasteiger partial charge in [0.15, 0.2) is 5.13 Å². The zero-order chi connectivity index (χ0) is 27.7. The van der Waals surface area contributed by atoms with Crippen molar-refractivity contribution in [2.75, 3.05) is 5.32 Å². The van der Waals surface area contributed by atoms with Crippen molar-refractivity contribution in [1.82, 2.24) is 10.4 Å². The first kappa shape index (κ1) is 26.3. The monoisotopic (exact) mass is 549 g/mol. The number of aromatic nitrogens is 1. The van der Waals surface area contributed by atoms with Crippen molar-refractivity contribution in [2.45, 2.75) is 6.61 Å². The largest absolute Gasteiger partial charge is 0.489 e. The molecule has 2 N–H and O–H groups in total. The average molecular weight is 550 g/mol. The average Bonchev–Trinajstić information content (AvgIpc) is 3.45. The van der Waals surface area contributed by atoms with Crippen LogP contribution in [0.5, 0.6) is 5.75 Å². The molecule has 0 aliphatic carbocycles. The summed E-state index contributed by atoms with van der Waals surface area (Å²) in [6.45, 7) is 0.261. The van der Waals surface area contributed by atoms with Crippen molar-refractivity contribution < 1.29 is 14.5 Å². The molecule has 0 radical (unpaired) electrons. The predicted molar refractivity (Wildman–Crippen MR) is 156 cm³/mol. The van der Waals surface area contributed by atoms with E-state index in [2.05, 4.69) is 20.8 Å². The van der Waals surface area contributed by atoms with Crippen LogP contribution in [0.4, 0.5) is 16.5 Å². The van der Waals surface area contributed by atoms with E-state index in [1.807, 2.05) is 60.0 Å². The number of carbonyl (C=O) groups is 1. The Morgan fingerprint density at radius 2 is 1.75 bits per heavy atom. The number of non-ortho nitro benzene ring substituents is 1. The number of nitro groups is 1. The summed E-state index contributed by atoms with van der Waals surface area (Å²) >= 11 is 1.51. The van der Waals surface area contributed by atoms with Gasteiger partial charge in [0.25, 0.3) is 11.6 Å². The zero-order valence-corrected chi connectivity index (χ0v) is 21.9. The lowest BCUT2D eigenvalue weighted by molar-refractivity contribution is -0.384. The zero-order valence-electron chi connectivity index (χ0n) is 21.1.